The maximum atomic E-state index is 13.7. The SMILES string of the molecule is CCNC(Cc1nc(-c2ccccc2F)no1)C(C)(C)C. The van der Waals surface area contributed by atoms with Gasteiger partial charge in [0.05, 0.1) is 5.56 Å². The van der Waals surface area contributed by atoms with Crippen molar-refractivity contribution in [3.05, 3.63) is 36.0 Å². The molecule has 114 valence electrons. The first-order valence-electron chi connectivity index (χ1n) is 7.22. The number of halogens is 1. The Balaban J connectivity index is 2.18. The number of benzene rings is 1. The summed E-state index contributed by atoms with van der Waals surface area (Å²) < 4.78 is 19.0. The van der Waals surface area contributed by atoms with Gasteiger partial charge in [0, 0.05) is 12.5 Å². The van der Waals surface area contributed by atoms with Gasteiger partial charge < -0.3 is 9.84 Å². The van der Waals surface area contributed by atoms with Crippen molar-refractivity contribution in [2.75, 3.05) is 6.54 Å². The van der Waals surface area contributed by atoms with Gasteiger partial charge in [-0.25, -0.2) is 4.39 Å². The van der Waals surface area contributed by atoms with Crippen molar-refractivity contribution in [3.8, 4) is 11.4 Å². The van der Waals surface area contributed by atoms with Crippen LogP contribution in [0.4, 0.5) is 4.39 Å². The number of nitrogens with one attached hydrogen (secondary N) is 1. The highest BCUT2D eigenvalue weighted by atomic mass is 19.1. The Hall–Kier alpha value is -1.75. The summed E-state index contributed by atoms with van der Waals surface area (Å²) in [5, 5.41) is 7.32. The van der Waals surface area contributed by atoms with Crippen LogP contribution in [0.25, 0.3) is 11.4 Å². The zero-order valence-electron chi connectivity index (χ0n) is 13.0. The second-order valence-electron chi connectivity index (χ2n) is 6.17. The van der Waals surface area contributed by atoms with Gasteiger partial charge in [-0.1, -0.05) is 45.0 Å². The number of nitrogens with zero attached hydrogens (tertiary/aromatic N) is 2. The summed E-state index contributed by atoms with van der Waals surface area (Å²) in [4.78, 5) is 4.32. The Morgan fingerprint density at radius 1 is 1.29 bits per heavy atom. The van der Waals surface area contributed by atoms with Gasteiger partial charge in [0.2, 0.25) is 11.7 Å². The average Bonchev–Trinajstić information content (AvgIpc) is 2.86. The summed E-state index contributed by atoms with van der Waals surface area (Å²) in [6.45, 7) is 9.42. The molecule has 2 rings (SSSR count). The van der Waals surface area contributed by atoms with E-state index in [1.807, 2.05) is 0 Å². The lowest BCUT2D eigenvalue weighted by molar-refractivity contribution is 0.247. The average molecular weight is 291 g/mol. The molecule has 0 saturated carbocycles. The fourth-order valence-corrected chi connectivity index (χ4v) is 2.20. The Bertz CT molecular complexity index is 589. The Kier molecular flexibility index (Phi) is 4.73. The second kappa shape index (κ2) is 6.35. The minimum absolute atomic E-state index is 0.0721. The topological polar surface area (TPSA) is 51.0 Å². The van der Waals surface area contributed by atoms with Crippen LogP contribution in [0.2, 0.25) is 0 Å². The van der Waals surface area contributed by atoms with Gasteiger partial charge in [-0.2, -0.15) is 4.98 Å². The molecule has 0 spiro atoms. The molecule has 0 aliphatic heterocycles. The normalized spacial score (nSPS) is 13.4. The number of rotatable bonds is 5. The van der Waals surface area contributed by atoms with Crippen LogP contribution < -0.4 is 5.32 Å². The van der Waals surface area contributed by atoms with Gasteiger partial charge in [-0.15, -0.1) is 0 Å². The van der Waals surface area contributed by atoms with Gasteiger partial charge in [-0.05, 0) is 24.1 Å². The van der Waals surface area contributed by atoms with Crippen molar-refractivity contribution < 1.29 is 8.91 Å². The Morgan fingerprint density at radius 2 is 2.00 bits per heavy atom. The van der Waals surface area contributed by atoms with Crippen LogP contribution in [0.3, 0.4) is 0 Å². The number of aromatic nitrogens is 2. The third-order valence-corrected chi connectivity index (χ3v) is 3.46. The van der Waals surface area contributed by atoms with Crippen molar-refractivity contribution in [1.29, 1.82) is 0 Å². The molecule has 0 aliphatic rings. The van der Waals surface area contributed by atoms with Crippen molar-refractivity contribution in [3.63, 3.8) is 0 Å². The molecular weight excluding hydrogens is 269 g/mol. The largest absolute Gasteiger partial charge is 0.339 e. The zero-order chi connectivity index (χ0) is 15.5. The van der Waals surface area contributed by atoms with Crippen molar-refractivity contribution in [1.82, 2.24) is 15.5 Å². The third-order valence-electron chi connectivity index (χ3n) is 3.46. The summed E-state index contributed by atoms with van der Waals surface area (Å²) in [7, 11) is 0. The van der Waals surface area contributed by atoms with Crippen LogP contribution >= 0.6 is 0 Å². The Labute approximate surface area is 124 Å². The quantitative estimate of drug-likeness (QED) is 0.916. The molecule has 0 aliphatic carbocycles. The first-order valence-corrected chi connectivity index (χ1v) is 7.22. The monoisotopic (exact) mass is 291 g/mol. The molecule has 1 aromatic carbocycles. The molecule has 0 fully saturated rings. The molecule has 1 aromatic heterocycles. The summed E-state index contributed by atoms with van der Waals surface area (Å²) in [5.41, 5.74) is 0.436. The Morgan fingerprint density at radius 3 is 2.62 bits per heavy atom. The molecule has 1 heterocycles. The first-order chi connectivity index (χ1) is 9.91. The highest BCUT2D eigenvalue weighted by Crippen LogP contribution is 2.24. The van der Waals surface area contributed by atoms with E-state index in [2.05, 4.69) is 43.2 Å². The highest BCUT2D eigenvalue weighted by molar-refractivity contribution is 5.54. The predicted molar refractivity (Wildman–Crippen MR) is 80.3 cm³/mol. The molecule has 0 radical (unpaired) electrons. The summed E-state index contributed by atoms with van der Waals surface area (Å²) in [5.74, 6) is 0.477. The molecule has 5 heteroatoms. The summed E-state index contributed by atoms with van der Waals surface area (Å²) in [6, 6.07) is 6.65. The highest BCUT2D eigenvalue weighted by Gasteiger charge is 2.26. The lowest BCUT2D eigenvalue weighted by atomic mass is 9.84. The molecule has 4 nitrogen and oxygen atoms in total. The standard InChI is InChI=1S/C16H22FN3O/c1-5-18-13(16(2,3)4)10-14-19-15(20-21-14)11-8-6-7-9-12(11)17/h6-9,13,18H,5,10H2,1-4H3. The van der Waals surface area contributed by atoms with E-state index in [9.17, 15) is 4.39 Å². The van der Waals surface area contributed by atoms with Gasteiger partial charge >= 0.3 is 0 Å². The lowest BCUT2D eigenvalue weighted by Crippen LogP contribution is -2.41. The number of hydrogen-bond acceptors (Lipinski definition) is 4. The number of hydrogen-bond donors (Lipinski definition) is 1. The summed E-state index contributed by atoms with van der Waals surface area (Å²) >= 11 is 0. The van der Waals surface area contributed by atoms with Crippen LogP contribution in [0, 0.1) is 11.2 Å². The maximum Gasteiger partial charge on any atom is 0.228 e. The molecule has 0 bridgehead atoms. The second-order valence-corrected chi connectivity index (χ2v) is 6.17. The molecule has 0 saturated heterocycles. The van der Waals surface area contributed by atoms with E-state index in [0.717, 1.165) is 6.54 Å². The molecule has 21 heavy (non-hydrogen) atoms. The minimum Gasteiger partial charge on any atom is -0.339 e. The van der Waals surface area contributed by atoms with Crippen LogP contribution in [-0.2, 0) is 6.42 Å². The van der Waals surface area contributed by atoms with Gasteiger partial charge in [-0.3, -0.25) is 0 Å². The van der Waals surface area contributed by atoms with Crippen LogP contribution in [0.1, 0.15) is 33.6 Å². The minimum atomic E-state index is -0.344. The van der Waals surface area contributed by atoms with E-state index >= 15 is 0 Å². The van der Waals surface area contributed by atoms with E-state index in [4.69, 9.17) is 4.52 Å². The van der Waals surface area contributed by atoms with Gasteiger partial charge in [0.25, 0.3) is 0 Å². The molecule has 1 N–H and O–H groups in total. The maximum absolute atomic E-state index is 13.7. The van der Waals surface area contributed by atoms with Crippen LogP contribution in [0.5, 0.6) is 0 Å². The van der Waals surface area contributed by atoms with Crippen LogP contribution in [0.15, 0.2) is 28.8 Å². The summed E-state index contributed by atoms with van der Waals surface area (Å²) in [6.07, 6.45) is 0.624. The van der Waals surface area contributed by atoms with E-state index in [-0.39, 0.29) is 17.3 Å². The third kappa shape index (κ3) is 3.88. The molecule has 0 amide bonds. The lowest BCUT2D eigenvalue weighted by Gasteiger charge is -2.30. The van der Waals surface area contributed by atoms with Gasteiger partial charge in [0.15, 0.2) is 0 Å². The first kappa shape index (κ1) is 15.6. The number of likely N-dealkylation sites (N-methyl/N-ethyl adjacent to an activating group) is 1. The predicted octanol–water partition coefficient (Wildman–Crippen LogP) is 3.44. The van der Waals surface area contributed by atoms with Crippen molar-refractivity contribution in [2.45, 2.75) is 40.2 Å². The molecular formula is C16H22FN3O. The van der Waals surface area contributed by atoms with Gasteiger partial charge in [0.1, 0.15) is 5.82 Å². The smallest absolute Gasteiger partial charge is 0.228 e. The molecule has 1 atom stereocenters. The molecule has 2 aromatic rings. The fraction of sp³-hybridized carbons (Fsp3) is 0.500. The van der Waals surface area contributed by atoms with E-state index < -0.39 is 0 Å². The van der Waals surface area contributed by atoms with E-state index in [1.54, 1.807) is 18.2 Å². The molecule has 1 unspecified atom stereocenters. The van der Waals surface area contributed by atoms with E-state index in [1.165, 1.54) is 6.07 Å². The van der Waals surface area contributed by atoms with Crippen LogP contribution in [-0.4, -0.2) is 22.7 Å². The van der Waals surface area contributed by atoms with E-state index in [0.29, 0.717) is 23.7 Å². The zero-order valence-corrected chi connectivity index (χ0v) is 13.0. The van der Waals surface area contributed by atoms with Crippen molar-refractivity contribution in [2.24, 2.45) is 5.41 Å². The fourth-order valence-electron chi connectivity index (χ4n) is 2.20. The van der Waals surface area contributed by atoms with Crippen molar-refractivity contribution >= 4 is 0 Å².